The van der Waals surface area contributed by atoms with Crippen molar-refractivity contribution in [2.45, 2.75) is 17.8 Å². The van der Waals surface area contributed by atoms with Crippen LogP contribution in [-0.2, 0) is 5.75 Å². The van der Waals surface area contributed by atoms with Crippen LogP contribution in [0.5, 0.6) is 0 Å². The molecule has 0 bridgehead atoms. The van der Waals surface area contributed by atoms with Gasteiger partial charge < -0.3 is 0 Å². The highest BCUT2D eigenvalue weighted by atomic mass is 35.5. The summed E-state index contributed by atoms with van der Waals surface area (Å²) in [7, 11) is 0. The van der Waals surface area contributed by atoms with E-state index in [9.17, 15) is 4.79 Å². The van der Waals surface area contributed by atoms with Crippen LogP contribution in [0.4, 0.5) is 0 Å². The van der Waals surface area contributed by atoms with Gasteiger partial charge in [-0.2, -0.15) is 0 Å². The molecule has 2 heterocycles. The third-order valence-corrected chi connectivity index (χ3v) is 4.22. The third kappa shape index (κ3) is 2.44. The minimum absolute atomic E-state index is 0.176. The lowest BCUT2D eigenvalue weighted by Crippen LogP contribution is -2.09. The van der Waals surface area contributed by atoms with Gasteiger partial charge in [-0.3, -0.25) is 14.2 Å². The van der Waals surface area contributed by atoms with Crippen LogP contribution in [-0.4, -0.2) is 19.6 Å². The molecule has 0 unspecified atom stereocenters. The van der Waals surface area contributed by atoms with Crippen molar-refractivity contribution in [1.29, 1.82) is 0 Å². The maximum Gasteiger partial charge on any atom is 0.252 e. The molecule has 0 saturated carbocycles. The minimum atomic E-state index is -0.176. The molecule has 7 heteroatoms. The number of hydrogen-bond donors (Lipinski definition) is 1. The molecule has 0 atom stereocenters. The van der Waals surface area contributed by atoms with Crippen molar-refractivity contribution in [1.82, 2.24) is 19.6 Å². The number of nitrogens with one attached hydrogen (secondary N) is 1. The summed E-state index contributed by atoms with van der Waals surface area (Å²) >= 11 is 7.66. The summed E-state index contributed by atoms with van der Waals surface area (Å²) < 4.78 is 1.82. The highest BCUT2D eigenvalue weighted by molar-refractivity contribution is 7.98. The Morgan fingerprint density at radius 2 is 2.15 bits per heavy atom. The highest BCUT2D eigenvalue weighted by Gasteiger charge is 2.10. The van der Waals surface area contributed by atoms with Gasteiger partial charge in [0.1, 0.15) is 0 Å². The number of hydrogen-bond acceptors (Lipinski definition) is 4. The van der Waals surface area contributed by atoms with E-state index in [2.05, 4.69) is 15.2 Å². The molecule has 0 aliphatic carbocycles. The lowest BCUT2D eigenvalue weighted by atomic mass is 10.2. The first-order valence-electron chi connectivity index (χ1n) is 5.96. The number of fused-ring (bicyclic) bond motifs is 1. The van der Waals surface area contributed by atoms with Crippen LogP contribution >= 0.6 is 23.4 Å². The van der Waals surface area contributed by atoms with Crippen LogP contribution in [0.25, 0.3) is 5.78 Å². The van der Waals surface area contributed by atoms with Gasteiger partial charge in [-0.1, -0.05) is 41.6 Å². The van der Waals surface area contributed by atoms with Crippen LogP contribution in [0.1, 0.15) is 11.3 Å². The first-order chi connectivity index (χ1) is 9.65. The number of aromatic amines is 1. The summed E-state index contributed by atoms with van der Waals surface area (Å²) in [5.74, 6) is 1.15. The van der Waals surface area contributed by atoms with Gasteiger partial charge in [0.25, 0.3) is 5.56 Å². The maximum atomic E-state index is 11.4. The van der Waals surface area contributed by atoms with Crippen LogP contribution in [0, 0.1) is 6.92 Å². The maximum absolute atomic E-state index is 11.4. The number of H-pyrrole nitrogens is 1. The number of thioether (sulfide) groups is 1. The second kappa shape index (κ2) is 5.30. The Hall–Kier alpha value is -1.79. The first kappa shape index (κ1) is 13.2. The van der Waals surface area contributed by atoms with E-state index in [0.29, 0.717) is 11.5 Å². The molecule has 0 amide bonds. The van der Waals surface area contributed by atoms with Gasteiger partial charge in [-0.25, -0.2) is 0 Å². The molecule has 1 aromatic carbocycles. The van der Waals surface area contributed by atoms with E-state index < -0.39 is 0 Å². The highest BCUT2D eigenvalue weighted by Crippen LogP contribution is 2.25. The molecule has 0 aliphatic heterocycles. The van der Waals surface area contributed by atoms with Gasteiger partial charge in [0.15, 0.2) is 5.16 Å². The molecular formula is C13H11ClN4OS. The van der Waals surface area contributed by atoms with E-state index in [-0.39, 0.29) is 5.56 Å². The van der Waals surface area contributed by atoms with Crippen molar-refractivity contribution in [3.05, 3.63) is 57.0 Å². The van der Waals surface area contributed by atoms with Gasteiger partial charge in [0.2, 0.25) is 5.78 Å². The van der Waals surface area contributed by atoms with E-state index in [1.165, 1.54) is 17.8 Å². The first-order valence-corrected chi connectivity index (χ1v) is 7.33. The summed E-state index contributed by atoms with van der Waals surface area (Å²) in [4.78, 5) is 14.0. The molecule has 102 valence electrons. The van der Waals surface area contributed by atoms with E-state index in [1.54, 1.807) is 0 Å². The van der Waals surface area contributed by atoms with Gasteiger partial charge in [0.05, 0.1) is 0 Å². The molecule has 5 nitrogen and oxygen atoms in total. The molecule has 0 radical (unpaired) electrons. The number of aryl methyl sites for hydroxylation is 1. The molecule has 0 saturated heterocycles. The molecular weight excluding hydrogens is 296 g/mol. The van der Waals surface area contributed by atoms with Gasteiger partial charge in [-0.15, -0.1) is 10.2 Å². The molecule has 0 spiro atoms. The van der Waals surface area contributed by atoms with Crippen molar-refractivity contribution < 1.29 is 0 Å². The van der Waals surface area contributed by atoms with Gasteiger partial charge >= 0.3 is 0 Å². The van der Waals surface area contributed by atoms with Crippen LogP contribution in [0.3, 0.4) is 0 Å². The monoisotopic (exact) mass is 306 g/mol. The fraction of sp³-hybridized carbons (Fsp3) is 0.154. The molecule has 3 aromatic rings. The fourth-order valence-electron chi connectivity index (χ4n) is 1.92. The number of benzene rings is 1. The fourth-order valence-corrected chi connectivity index (χ4v) is 3.20. The Balaban J connectivity index is 1.92. The van der Waals surface area contributed by atoms with Gasteiger partial charge in [-0.05, 0) is 18.6 Å². The number of nitrogens with zero attached hydrogens (tertiary/aromatic N) is 3. The van der Waals surface area contributed by atoms with Gasteiger partial charge in [0, 0.05) is 22.5 Å². The molecule has 0 fully saturated rings. The standard InChI is InChI=1S/C13H11ClN4OS/c1-8-6-11(19)15-12-16-17-13(18(8)12)20-7-9-4-2-3-5-10(9)14/h2-6H,7H2,1H3,(H,15,16,19). The van der Waals surface area contributed by atoms with Crippen LogP contribution < -0.4 is 5.56 Å². The second-order valence-electron chi connectivity index (χ2n) is 4.30. The van der Waals surface area contributed by atoms with E-state index in [1.807, 2.05) is 35.6 Å². The molecule has 1 N–H and O–H groups in total. The Morgan fingerprint density at radius 3 is 2.95 bits per heavy atom. The van der Waals surface area contributed by atoms with Crippen LogP contribution in [0.15, 0.2) is 40.3 Å². The topological polar surface area (TPSA) is 63.0 Å². The largest absolute Gasteiger partial charge is 0.291 e. The average molecular weight is 307 g/mol. The average Bonchev–Trinajstić information content (AvgIpc) is 2.81. The molecule has 20 heavy (non-hydrogen) atoms. The lowest BCUT2D eigenvalue weighted by molar-refractivity contribution is 0.886. The summed E-state index contributed by atoms with van der Waals surface area (Å²) in [6, 6.07) is 9.22. The zero-order chi connectivity index (χ0) is 14.1. The summed E-state index contributed by atoms with van der Waals surface area (Å²) in [6.07, 6.45) is 0. The van der Waals surface area contributed by atoms with Crippen molar-refractivity contribution in [3.8, 4) is 0 Å². The Kier molecular flexibility index (Phi) is 3.50. The summed E-state index contributed by atoms with van der Waals surface area (Å²) in [5.41, 5.74) is 1.67. The SMILES string of the molecule is Cc1cc(=O)[nH]c2nnc(SCc3ccccc3Cl)n12. The Labute approximate surface area is 124 Å². The third-order valence-electron chi connectivity index (χ3n) is 2.88. The lowest BCUT2D eigenvalue weighted by Gasteiger charge is -2.04. The molecule has 3 rings (SSSR count). The normalized spacial score (nSPS) is 11.1. The quantitative estimate of drug-likeness (QED) is 0.756. The predicted octanol–water partition coefficient (Wildman–Crippen LogP) is 2.67. The van der Waals surface area contributed by atoms with Crippen LogP contribution in [0.2, 0.25) is 5.02 Å². The summed E-state index contributed by atoms with van der Waals surface area (Å²) in [6.45, 7) is 1.85. The number of rotatable bonds is 3. The molecule has 0 aliphatic rings. The summed E-state index contributed by atoms with van der Waals surface area (Å²) in [5, 5.41) is 9.55. The number of halogens is 1. The smallest absolute Gasteiger partial charge is 0.252 e. The zero-order valence-corrected chi connectivity index (χ0v) is 12.2. The second-order valence-corrected chi connectivity index (χ2v) is 5.65. The van der Waals surface area contributed by atoms with Crippen molar-refractivity contribution in [2.75, 3.05) is 0 Å². The zero-order valence-electron chi connectivity index (χ0n) is 10.6. The predicted molar refractivity (Wildman–Crippen MR) is 79.4 cm³/mol. The Bertz CT molecular complexity index is 827. The van der Waals surface area contributed by atoms with Crippen molar-refractivity contribution in [2.24, 2.45) is 0 Å². The Morgan fingerprint density at radius 1 is 1.35 bits per heavy atom. The number of aromatic nitrogens is 4. The van der Waals surface area contributed by atoms with Crippen molar-refractivity contribution >= 4 is 29.1 Å². The van der Waals surface area contributed by atoms with Crippen molar-refractivity contribution in [3.63, 3.8) is 0 Å². The van der Waals surface area contributed by atoms with E-state index in [0.717, 1.165) is 21.4 Å². The minimum Gasteiger partial charge on any atom is -0.291 e. The van der Waals surface area contributed by atoms with E-state index in [4.69, 9.17) is 11.6 Å². The molecule has 2 aromatic heterocycles. The van der Waals surface area contributed by atoms with E-state index >= 15 is 0 Å².